The first-order chi connectivity index (χ1) is 14.7. The Morgan fingerprint density at radius 1 is 1.03 bits per heavy atom. The minimum atomic E-state index is -0.224. The molecule has 0 bridgehead atoms. The molecule has 2 heterocycles. The van der Waals surface area contributed by atoms with Crippen LogP contribution in [-0.2, 0) is 22.1 Å². The number of hydrogen-bond donors (Lipinski definition) is 1. The molecule has 0 radical (unpaired) electrons. The molecule has 1 aromatic carbocycles. The van der Waals surface area contributed by atoms with Gasteiger partial charge in [0.2, 0.25) is 11.8 Å². The Kier molecular flexibility index (Phi) is 6.77. The van der Waals surface area contributed by atoms with Crippen molar-refractivity contribution in [2.75, 3.05) is 18.4 Å². The molecule has 1 aliphatic rings. The zero-order chi connectivity index (χ0) is 22.6. The molecule has 3 amide bonds. The van der Waals surface area contributed by atoms with Crippen molar-refractivity contribution in [2.24, 2.45) is 7.05 Å². The van der Waals surface area contributed by atoms with Gasteiger partial charge in [0, 0.05) is 44.1 Å². The highest BCUT2D eigenvalue weighted by molar-refractivity contribution is 5.94. The summed E-state index contributed by atoms with van der Waals surface area (Å²) in [7, 11) is 1.75. The quantitative estimate of drug-likeness (QED) is 0.770. The fourth-order valence-electron chi connectivity index (χ4n) is 3.52. The van der Waals surface area contributed by atoms with Gasteiger partial charge in [0.05, 0.1) is 5.69 Å². The summed E-state index contributed by atoms with van der Waals surface area (Å²) in [6.45, 7) is 7.13. The Balaban J connectivity index is 1.56. The third-order valence-corrected chi connectivity index (χ3v) is 5.27. The molecule has 8 nitrogen and oxygen atoms in total. The molecule has 8 heteroatoms. The van der Waals surface area contributed by atoms with Crippen LogP contribution in [0.1, 0.15) is 62.6 Å². The van der Waals surface area contributed by atoms with Crippen molar-refractivity contribution in [1.29, 1.82) is 0 Å². The molecule has 0 unspecified atom stereocenters. The summed E-state index contributed by atoms with van der Waals surface area (Å²) >= 11 is 0. The SMILES string of the molecule is Cn1nc(C(C)(C)C)cc1C(=O)N1CCCN1C(=O)CCCC(=O)Nc1ccccc1. The van der Waals surface area contributed by atoms with Gasteiger partial charge in [-0.15, -0.1) is 0 Å². The van der Waals surface area contributed by atoms with Gasteiger partial charge in [0.15, 0.2) is 0 Å². The average molecular weight is 426 g/mol. The standard InChI is InChI=1S/C23H31N5O3/c1-23(2,3)19-16-18(26(4)25-19)22(31)28-15-9-14-27(28)21(30)13-8-12-20(29)24-17-10-6-5-7-11-17/h5-7,10-11,16H,8-9,12-15H2,1-4H3,(H,24,29). The third kappa shape index (κ3) is 5.51. The predicted octanol–water partition coefficient (Wildman–Crippen LogP) is 3.12. The van der Waals surface area contributed by atoms with E-state index < -0.39 is 0 Å². The highest BCUT2D eigenvalue weighted by Gasteiger charge is 2.33. The number of aromatic nitrogens is 2. The van der Waals surface area contributed by atoms with Gasteiger partial charge in [-0.05, 0) is 31.0 Å². The number of anilines is 1. The van der Waals surface area contributed by atoms with Gasteiger partial charge in [-0.2, -0.15) is 5.10 Å². The molecule has 0 spiro atoms. The Hall–Kier alpha value is -3.16. The topological polar surface area (TPSA) is 87.5 Å². The molecule has 1 saturated heterocycles. The molecule has 1 fully saturated rings. The molecule has 31 heavy (non-hydrogen) atoms. The summed E-state index contributed by atoms with van der Waals surface area (Å²) in [5.74, 6) is -0.493. The first-order valence-electron chi connectivity index (χ1n) is 10.7. The fraction of sp³-hybridized carbons (Fsp3) is 0.478. The molecular weight excluding hydrogens is 394 g/mol. The van der Waals surface area contributed by atoms with Crippen molar-refractivity contribution >= 4 is 23.4 Å². The maximum Gasteiger partial charge on any atom is 0.290 e. The van der Waals surface area contributed by atoms with Crippen LogP contribution in [0.5, 0.6) is 0 Å². The van der Waals surface area contributed by atoms with Crippen LogP contribution in [-0.4, -0.2) is 50.6 Å². The summed E-state index contributed by atoms with van der Waals surface area (Å²) in [6.07, 6.45) is 1.62. The molecule has 166 valence electrons. The van der Waals surface area contributed by atoms with E-state index in [1.165, 1.54) is 10.0 Å². The minimum Gasteiger partial charge on any atom is -0.326 e. The van der Waals surface area contributed by atoms with Crippen LogP contribution in [0.3, 0.4) is 0 Å². The van der Waals surface area contributed by atoms with Crippen LogP contribution in [0.25, 0.3) is 0 Å². The number of carbonyl (C=O) groups is 3. The lowest BCUT2D eigenvalue weighted by Gasteiger charge is -2.27. The number of hydrogen-bond acceptors (Lipinski definition) is 4. The van der Waals surface area contributed by atoms with E-state index in [0.717, 1.165) is 17.8 Å². The highest BCUT2D eigenvalue weighted by atomic mass is 16.2. The molecule has 1 aliphatic heterocycles. The molecular formula is C23H31N5O3. The second-order valence-corrected chi connectivity index (χ2v) is 8.85. The normalized spacial score (nSPS) is 14.1. The van der Waals surface area contributed by atoms with Crippen LogP contribution in [0.2, 0.25) is 0 Å². The van der Waals surface area contributed by atoms with Gasteiger partial charge in [-0.25, -0.2) is 5.01 Å². The lowest BCUT2D eigenvalue weighted by molar-refractivity contribution is -0.140. The second kappa shape index (κ2) is 9.32. The van der Waals surface area contributed by atoms with Crippen molar-refractivity contribution in [3.8, 4) is 0 Å². The number of para-hydroxylation sites is 1. The number of hydrazine groups is 1. The van der Waals surface area contributed by atoms with E-state index in [-0.39, 0.29) is 36.0 Å². The molecule has 0 saturated carbocycles. The van der Waals surface area contributed by atoms with Crippen LogP contribution >= 0.6 is 0 Å². The smallest absolute Gasteiger partial charge is 0.290 e. The van der Waals surface area contributed by atoms with E-state index in [9.17, 15) is 14.4 Å². The van der Waals surface area contributed by atoms with Gasteiger partial charge >= 0.3 is 0 Å². The van der Waals surface area contributed by atoms with Crippen molar-refractivity contribution < 1.29 is 14.4 Å². The van der Waals surface area contributed by atoms with Crippen molar-refractivity contribution in [2.45, 2.75) is 51.9 Å². The summed E-state index contributed by atoms with van der Waals surface area (Å²) in [5.41, 5.74) is 1.87. The van der Waals surface area contributed by atoms with Crippen LogP contribution < -0.4 is 5.32 Å². The van der Waals surface area contributed by atoms with Crippen molar-refractivity contribution in [3.63, 3.8) is 0 Å². The van der Waals surface area contributed by atoms with Crippen molar-refractivity contribution in [1.82, 2.24) is 19.8 Å². The lowest BCUT2D eigenvalue weighted by Crippen LogP contribution is -2.45. The average Bonchev–Trinajstić information content (AvgIpc) is 3.35. The molecule has 0 atom stereocenters. The Labute approximate surface area is 183 Å². The summed E-state index contributed by atoms with van der Waals surface area (Å²) in [5, 5.41) is 10.3. The third-order valence-electron chi connectivity index (χ3n) is 5.27. The largest absolute Gasteiger partial charge is 0.326 e. The number of benzene rings is 1. The Bertz CT molecular complexity index is 946. The molecule has 2 aromatic rings. The number of nitrogens with zero attached hydrogens (tertiary/aromatic N) is 4. The van der Waals surface area contributed by atoms with Gasteiger partial charge < -0.3 is 5.32 Å². The number of amides is 3. The molecule has 1 aromatic heterocycles. The van der Waals surface area contributed by atoms with E-state index >= 15 is 0 Å². The van der Waals surface area contributed by atoms with E-state index in [1.807, 2.05) is 51.1 Å². The van der Waals surface area contributed by atoms with Crippen LogP contribution in [0, 0.1) is 0 Å². The van der Waals surface area contributed by atoms with Crippen LogP contribution in [0.4, 0.5) is 5.69 Å². The van der Waals surface area contributed by atoms with Gasteiger partial charge in [-0.1, -0.05) is 39.0 Å². The van der Waals surface area contributed by atoms with E-state index in [1.54, 1.807) is 17.8 Å². The number of carbonyl (C=O) groups excluding carboxylic acids is 3. The van der Waals surface area contributed by atoms with Gasteiger partial charge in [-0.3, -0.25) is 24.1 Å². The highest BCUT2D eigenvalue weighted by Crippen LogP contribution is 2.23. The first kappa shape index (κ1) is 22.5. The maximum absolute atomic E-state index is 13.1. The minimum absolute atomic E-state index is 0.127. The Morgan fingerprint density at radius 3 is 2.35 bits per heavy atom. The number of aryl methyl sites for hydroxylation is 1. The van der Waals surface area contributed by atoms with Crippen molar-refractivity contribution in [3.05, 3.63) is 47.8 Å². The monoisotopic (exact) mass is 425 g/mol. The molecule has 3 rings (SSSR count). The molecule has 0 aliphatic carbocycles. The second-order valence-electron chi connectivity index (χ2n) is 8.85. The zero-order valence-corrected chi connectivity index (χ0v) is 18.7. The predicted molar refractivity (Wildman–Crippen MR) is 118 cm³/mol. The van der Waals surface area contributed by atoms with Gasteiger partial charge in [0.1, 0.15) is 5.69 Å². The summed E-state index contributed by atoms with van der Waals surface area (Å²) in [4.78, 5) is 38.0. The van der Waals surface area contributed by atoms with E-state index in [0.29, 0.717) is 25.2 Å². The molecule has 1 N–H and O–H groups in total. The van der Waals surface area contributed by atoms with E-state index in [2.05, 4.69) is 10.4 Å². The summed E-state index contributed by atoms with van der Waals surface area (Å²) < 4.78 is 1.58. The van der Waals surface area contributed by atoms with Gasteiger partial charge in [0.25, 0.3) is 5.91 Å². The zero-order valence-electron chi connectivity index (χ0n) is 18.7. The maximum atomic E-state index is 13.1. The van der Waals surface area contributed by atoms with Crippen LogP contribution in [0.15, 0.2) is 36.4 Å². The number of rotatable bonds is 6. The first-order valence-corrected chi connectivity index (χ1v) is 10.7. The number of nitrogens with one attached hydrogen (secondary N) is 1. The lowest BCUT2D eigenvalue weighted by atomic mass is 9.92. The van der Waals surface area contributed by atoms with E-state index in [4.69, 9.17) is 0 Å². The fourth-order valence-corrected chi connectivity index (χ4v) is 3.52. The Morgan fingerprint density at radius 2 is 1.71 bits per heavy atom. The summed E-state index contributed by atoms with van der Waals surface area (Å²) in [6, 6.07) is 11.0.